The van der Waals surface area contributed by atoms with Crippen LogP contribution in [-0.2, 0) is 6.18 Å². The number of hydrogen-bond donors (Lipinski definition) is 1. The van der Waals surface area contributed by atoms with Crippen LogP contribution in [0.4, 0.5) is 30.5 Å². The lowest BCUT2D eigenvalue weighted by Crippen LogP contribution is -2.03. The molecule has 0 radical (unpaired) electrons. The lowest BCUT2D eigenvalue weighted by Gasteiger charge is -2.06. The number of aromatic nitrogens is 2. The molecule has 0 saturated carbocycles. The number of rotatable bonds is 3. The highest BCUT2D eigenvalue weighted by Crippen LogP contribution is 2.33. The molecule has 126 valence electrons. The number of nitrogens with zero attached hydrogens (tertiary/aromatic N) is 4. The van der Waals surface area contributed by atoms with Crippen molar-refractivity contribution in [2.45, 2.75) is 6.18 Å². The first-order chi connectivity index (χ1) is 11.9. The van der Waals surface area contributed by atoms with Crippen molar-refractivity contribution in [2.24, 2.45) is 10.2 Å². The second kappa shape index (κ2) is 6.68. The lowest BCUT2D eigenvalue weighted by atomic mass is 10.1. The average Bonchev–Trinajstić information content (AvgIpc) is 2.61. The Bertz CT molecular complexity index is 908. The largest absolute Gasteiger partial charge is 0.416 e. The SMILES string of the molecule is Nc1ncc(N=Nc2cccc(C(F)(F)F)c2)c(-c2ccccc2)n1. The molecule has 0 amide bonds. The monoisotopic (exact) mass is 343 g/mol. The van der Waals surface area contributed by atoms with Crippen LogP contribution in [0.2, 0.25) is 0 Å². The highest BCUT2D eigenvalue weighted by molar-refractivity contribution is 5.72. The smallest absolute Gasteiger partial charge is 0.368 e. The topological polar surface area (TPSA) is 76.5 Å². The van der Waals surface area contributed by atoms with E-state index in [9.17, 15) is 13.2 Å². The first-order valence-electron chi connectivity index (χ1n) is 7.20. The third kappa shape index (κ3) is 3.97. The molecule has 1 heterocycles. The molecule has 2 N–H and O–H groups in total. The van der Waals surface area contributed by atoms with Gasteiger partial charge in [0.05, 0.1) is 17.4 Å². The molecule has 0 unspecified atom stereocenters. The van der Waals surface area contributed by atoms with Crippen LogP contribution in [0, 0.1) is 0 Å². The second-order valence-corrected chi connectivity index (χ2v) is 5.08. The van der Waals surface area contributed by atoms with E-state index < -0.39 is 11.7 Å². The Kier molecular flexibility index (Phi) is 4.42. The minimum absolute atomic E-state index is 0.0665. The molecule has 0 saturated heterocycles. The maximum Gasteiger partial charge on any atom is 0.416 e. The molecule has 0 bridgehead atoms. The first-order valence-corrected chi connectivity index (χ1v) is 7.20. The van der Waals surface area contributed by atoms with Crippen LogP contribution in [0.5, 0.6) is 0 Å². The van der Waals surface area contributed by atoms with Gasteiger partial charge < -0.3 is 5.73 Å². The molecular weight excluding hydrogens is 331 g/mol. The van der Waals surface area contributed by atoms with E-state index in [1.807, 2.05) is 30.3 Å². The predicted octanol–water partition coefficient (Wildman–Crippen LogP) is 5.16. The molecule has 8 heteroatoms. The molecule has 0 atom stereocenters. The molecule has 25 heavy (non-hydrogen) atoms. The van der Waals surface area contributed by atoms with Gasteiger partial charge in [-0.3, -0.25) is 0 Å². The quantitative estimate of drug-likeness (QED) is 0.667. The maximum atomic E-state index is 12.8. The summed E-state index contributed by atoms with van der Waals surface area (Å²) in [5.74, 6) is 0.0665. The van der Waals surface area contributed by atoms with E-state index in [0.29, 0.717) is 11.4 Å². The number of hydrogen-bond acceptors (Lipinski definition) is 5. The molecule has 0 spiro atoms. The molecule has 3 rings (SSSR count). The van der Waals surface area contributed by atoms with Crippen LogP contribution >= 0.6 is 0 Å². The van der Waals surface area contributed by atoms with Gasteiger partial charge >= 0.3 is 6.18 Å². The summed E-state index contributed by atoms with van der Waals surface area (Å²) in [6, 6.07) is 13.7. The summed E-state index contributed by atoms with van der Waals surface area (Å²) in [6.07, 6.45) is -3.06. The van der Waals surface area contributed by atoms with Crippen LogP contribution in [0.25, 0.3) is 11.3 Å². The van der Waals surface area contributed by atoms with Crippen molar-refractivity contribution in [3.8, 4) is 11.3 Å². The van der Waals surface area contributed by atoms with Gasteiger partial charge in [0.1, 0.15) is 11.4 Å². The van der Waals surface area contributed by atoms with Gasteiger partial charge in [0.2, 0.25) is 5.95 Å². The number of halogens is 3. The summed E-state index contributed by atoms with van der Waals surface area (Å²) in [4.78, 5) is 8.01. The van der Waals surface area contributed by atoms with E-state index >= 15 is 0 Å². The Morgan fingerprint density at radius 3 is 2.40 bits per heavy atom. The fourth-order valence-corrected chi connectivity index (χ4v) is 2.13. The zero-order chi connectivity index (χ0) is 17.9. The molecule has 0 fully saturated rings. The molecule has 0 aliphatic heterocycles. The van der Waals surface area contributed by atoms with Gasteiger partial charge in [0, 0.05) is 5.56 Å². The van der Waals surface area contributed by atoms with Gasteiger partial charge in [0.25, 0.3) is 0 Å². The zero-order valence-corrected chi connectivity index (χ0v) is 12.8. The van der Waals surface area contributed by atoms with Crippen molar-refractivity contribution in [1.29, 1.82) is 0 Å². The maximum absolute atomic E-state index is 12.8. The first kappa shape index (κ1) is 16.6. The standard InChI is InChI=1S/C17H12F3N5/c18-17(19,20)12-7-4-8-13(9-12)24-25-14-10-22-16(21)23-15(14)11-5-2-1-3-6-11/h1-10H,(H2,21,22,23). The Hall–Kier alpha value is -3.29. The Morgan fingerprint density at radius 2 is 1.68 bits per heavy atom. The highest BCUT2D eigenvalue weighted by atomic mass is 19.4. The summed E-state index contributed by atoms with van der Waals surface area (Å²) in [5.41, 5.74) is 6.40. The molecule has 1 aromatic heterocycles. The van der Waals surface area contributed by atoms with Gasteiger partial charge in [-0.15, -0.1) is 5.11 Å². The average molecular weight is 343 g/mol. The van der Waals surface area contributed by atoms with Gasteiger partial charge in [-0.1, -0.05) is 36.4 Å². The van der Waals surface area contributed by atoms with E-state index in [0.717, 1.165) is 17.7 Å². The van der Waals surface area contributed by atoms with Crippen molar-refractivity contribution in [3.63, 3.8) is 0 Å². The zero-order valence-electron chi connectivity index (χ0n) is 12.8. The van der Waals surface area contributed by atoms with Crippen molar-refractivity contribution >= 4 is 17.3 Å². The molecule has 3 aromatic rings. The van der Waals surface area contributed by atoms with Crippen LogP contribution in [0.15, 0.2) is 71.0 Å². The van der Waals surface area contributed by atoms with Crippen LogP contribution in [-0.4, -0.2) is 9.97 Å². The minimum atomic E-state index is -4.44. The summed E-state index contributed by atoms with van der Waals surface area (Å²) >= 11 is 0. The Labute approximate surface area is 141 Å². The molecule has 0 aliphatic rings. The van der Waals surface area contributed by atoms with Crippen molar-refractivity contribution in [1.82, 2.24) is 9.97 Å². The summed E-state index contributed by atoms with van der Waals surface area (Å²) < 4.78 is 38.3. The number of alkyl halides is 3. The highest BCUT2D eigenvalue weighted by Gasteiger charge is 2.30. The molecule has 5 nitrogen and oxygen atoms in total. The molecule has 2 aromatic carbocycles. The van der Waals surface area contributed by atoms with Gasteiger partial charge in [-0.2, -0.15) is 18.3 Å². The van der Waals surface area contributed by atoms with E-state index in [-0.39, 0.29) is 11.6 Å². The van der Waals surface area contributed by atoms with E-state index in [2.05, 4.69) is 20.2 Å². The molecule has 0 aliphatic carbocycles. The van der Waals surface area contributed by atoms with Crippen LogP contribution in [0.1, 0.15) is 5.56 Å². The predicted molar refractivity (Wildman–Crippen MR) is 87.5 cm³/mol. The Balaban J connectivity index is 1.98. The van der Waals surface area contributed by atoms with Gasteiger partial charge in [-0.25, -0.2) is 9.97 Å². The van der Waals surface area contributed by atoms with E-state index in [1.54, 1.807) is 0 Å². The third-order valence-corrected chi connectivity index (χ3v) is 3.28. The Morgan fingerprint density at radius 1 is 0.920 bits per heavy atom. The van der Waals surface area contributed by atoms with E-state index in [1.165, 1.54) is 18.3 Å². The normalized spacial score (nSPS) is 11.8. The van der Waals surface area contributed by atoms with Crippen molar-refractivity contribution in [3.05, 3.63) is 66.4 Å². The minimum Gasteiger partial charge on any atom is -0.368 e. The van der Waals surface area contributed by atoms with Crippen LogP contribution in [0.3, 0.4) is 0 Å². The summed E-state index contributed by atoms with van der Waals surface area (Å²) in [6.45, 7) is 0. The van der Waals surface area contributed by atoms with Gasteiger partial charge in [-0.05, 0) is 18.2 Å². The third-order valence-electron chi connectivity index (χ3n) is 3.28. The number of nitrogens with two attached hydrogens (primary N) is 1. The fraction of sp³-hybridized carbons (Fsp3) is 0.0588. The summed E-state index contributed by atoms with van der Waals surface area (Å²) in [7, 11) is 0. The van der Waals surface area contributed by atoms with Crippen LogP contribution < -0.4 is 5.73 Å². The number of benzene rings is 2. The number of azo groups is 1. The van der Waals surface area contributed by atoms with E-state index in [4.69, 9.17) is 5.73 Å². The number of nitrogen functional groups attached to an aromatic ring is 1. The van der Waals surface area contributed by atoms with Crippen molar-refractivity contribution in [2.75, 3.05) is 5.73 Å². The molecular formula is C17H12F3N5. The second-order valence-electron chi connectivity index (χ2n) is 5.08. The van der Waals surface area contributed by atoms with Gasteiger partial charge in [0.15, 0.2) is 0 Å². The summed E-state index contributed by atoms with van der Waals surface area (Å²) in [5, 5.41) is 7.86. The fourth-order valence-electron chi connectivity index (χ4n) is 2.13. The number of anilines is 1. The lowest BCUT2D eigenvalue weighted by molar-refractivity contribution is -0.137. The van der Waals surface area contributed by atoms with Crippen molar-refractivity contribution < 1.29 is 13.2 Å².